The highest BCUT2D eigenvalue weighted by Gasteiger charge is 2.02. The van der Waals surface area contributed by atoms with Crippen LogP contribution in [0.4, 0.5) is 0 Å². The number of carbonyl (C=O) groups excluding carboxylic acids is 1. The van der Waals surface area contributed by atoms with E-state index in [1.54, 1.807) is 6.92 Å². The minimum absolute atomic E-state index is 0.0830. The molecule has 0 spiro atoms. The summed E-state index contributed by atoms with van der Waals surface area (Å²) in [5.74, 6) is -0.511. The third-order valence-electron chi connectivity index (χ3n) is 0.982. The number of hydrogen-bond acceptors (Lipinski definition) is 4. The Labute approximate surface area is 71.1 Å². The van der Waals surface area contributed by atoms with Crippen LogP contribution in [0.3, 0.4) is 0 Å². The van der Waals surface area contributed by atoms with Crippen molar-refractivity contribution < 1.29 is 19.4 Å². The van der Waals surface area contributed by atoms with Gasteiger partial charge in [-0.05, 0) is 6.92 Å². The van der Waals surface area contributed by atoms with Crippen molar-refractivity contribution in [2.45, 2.75) is 6.92 Å². The van der Waals surface area contributed by atoms with Crippen molar-refractivity contribution >= 4 is 5.97 Å². The van der Waals surface area contributed by atoms with Gasteiger partial charge in [-0.3, -0.25) is 0 Å². The van der Waals surface area contributed by atoms with Crippen molar-refractivity contribution in [3.63, 3.8) is 0 Å². The van der Waals surface area contributed by atoms with Gasteiger partial charge in [0.25, 0.3) is 0 Å². The lowest BCUT2D eigenvalue weighted by molar-refractivity contribution is -0.133. The second-order valence-electron chi connectivity index (χ2n) is 1.97. The minimum Gasteiger partial charge on any atom is -0.498 e. The summed E-state index contributed by atoms with van der Waals surface area (Å²) in [5, 5.41) is 8.33. The molecule has 0 aliphatic rings. The van der Waals surface area contributed by atoms with Crippen molar-refractivity contribution in [1.29, 1.82) is 0 Å². The molecule has 0 fully saturated rings. The first kappa shape index (κ1) is 10.7. The summed E-state index contributed by atoms with van der Waals surface area (Å²) in [6.45, 7) is 4.86. The summed E-state index contributed by atoms with van der Waals surface area (Å²) in [6, 6.07) is 0. The summed E-state index contributed by atoms with van der Waals surface area (Å²) in [7, 11) is 0. The largest absolute Gasteiger partial charge is 0.498 e. The molecule has 0 aromatic heterocycles. The zero-order valence-electron chi connectivity index (χ0n) is 6.95. The molecule has 0 radical (unpaired) electrons. The van der Waals surface area contributed by atoms with Crippen LogP contribution in [0.15, 0.2) is 24.7 Å². The van der Waals surface area contributed by atoms with E-state index in [9.17, 15) is 4.79 Å². The first-order chi connectivity index (χ1) is 5.72. The Morgan fingerprint density at radius 3 is 2.83 bits per heavy atom. The molecule has 4 heteroatoms. The Hall–Kier alpha value is -1.29. The molecule has 0 amide bonds. The molecule has 0 aliphatic heterocycles. The van der Waals surface area contributed by atoms with E-state index in [1.807, 2.05) is 0 Å². The highest BCUT2D eigenvalue weighted by atomic mass is 16.5. The Bertz CT molecular complexity index is 183. The maximum Gasteiger partial charge on any atom is 0.341 e. The third kappa shape index (κ3) is 4.51. The molecule has 4 nitrogen and oxygen atoms in total. The van der Waals surface area contributed by atoms with Crippen LogP contribution in [-0.4, -0.2) is 24.3 Å². The molecule has 0 atom stereocenters. The summed E-state index contributed by atoms with van der Waals surface area (Å²) in [6.07, 6.45) is 2.29. The van der Waals surface area contributed by atoms with Crippen LogP contribution >= 0.6 is 0 Å². The predicted octanol–water partition coefficient (Wildman–Crippen LogP) is 0.586. The van der Waals surface area contributed by atoms with Crippen LogP contribution in [0.2, 0.25) is 0 Å². The zero-order valence-corrected chi connectivity index (χ0v) is 6.95. The van der Waals surface area contributed by atoms with E-state index in [4.69, 9.17) is 9.84 Å². The van der Waals surface area contributed by atoms with Gasteiger partial charge in [0.15, 0.2) is 0 Å². The summed E-state index contributed by atoms with van der Waals surface area (Å²) < 4.78 is 9.21. The fourth-order valence-corrected chi connectivity index (χ4v) is 0.453. The lowest BCUT2D eigenvalue weighted by Gasteiger charge is -1.99. The van der Waals surface area contributed by atoms with E-state index >= 15 is 0 Å². The van der Waals surface area contributed by atoms with Crippen molar-refractivity contribution in [3.8, 4) is 0 Å². The third-order valence-corrected chi connectivity index (χ3v) is 0.982. The molecule has 0 saturated carbocycles. The standard InChI is InChI=1S/C8H12O4/c1-3-12-8(10)7(2)6-11-5-4-9/h3,6,9H,1,4-5H2,2H3. The Balaban J connectivity index is 3.81. The van der Waals surface area contributed by atoms with Gasteiger partial charge in [-0.2, -0.15) is 0 Å². The molecule has 0 saturated heterocycles. The summed E-state index contributed by atoms with van der Waals surface area (Å²) >= 11 is 0. The van der Waals surface area contributed by atoms with Gasteiger partial charge >= 0.3 is 5.97 Å². The normalized spacial score (nSPS) is 10.7. The average molecular weight is 172 g/mol. The molecule has 0 heterocycles. The maximum atomic E-state index is 10.8. The second-order valence-corrected chi connectivity index (χ2v) is 1.97. The van der Waals surface area contributed by atoms with Gasteiger partial charge in [0.1, 0.15) is 6.61 Å². The van der Waals surface area contributed by atoms with Crippen molar-refractivity contribution in [3.05, 3.63) is 24.7 Å². The molecule has 68 valence electrons. The van der Waals surface area contributed by atoms with Crippen molar-refractivity contribution in [1.82, 2.24) is 0 Å². The fraction of sp³-hybridized carbons (Fsp3) is 0.375. The number of aliphatic hydroxyl groups is 1. The molecule has 0 aliphatic carbocycles. The van der Waals surface area contributed by atoms with E-state index < -0.39 is 5.97 Å². The van der Waals surface area contributed by atoms with Gasteiger partial charge < -0.3 is 14.6 Å². The molecule has 0 rings (SSSR count). The SMILES string of the molecule is C=COC(=O)C(C)=COCCO. The van der Waals surface area contributed by atoms with Gasteiger partial charge in [0.2, 0.25) is 0 Å². The van der Waals surface area contributed by atoms with E-state index in [0.717, 1.165) is 6.26 Å². The van der Waals surface area contributed by atoms with E-state index in [-0.39, 0.29) is 13.2 Å². The van der Waals surface area contributed by atoms with Crippen LogP contribution in [0, 0.1) is 0 Å². The van der Waals surface area contributed by atoms with Crippen LogP contribution in [0.5, 0.6) is 0 Å². The smallest absolute Gasteiger partial charge is 0.341 e. The first-order valence-corrected chi connectivity index (χ1v) is 3.43. The van der Waals surface area contributed by atoms with Crippen LogP contribution < -0.4 is 0 Å². The van der Waals surface area contributed by atoms with E-state index in [1.165, 1.54) is 6.26 Å². The van der Waals surface area contributed by atoms with Crippen LogP contribution in [0.25, 0.3) is 0 Å². The zero-order chi connectivity index (χ0) is 9.40. The van der Waals surface area contributed by atoms with Crippen molar-refractivity contribution in [2.75, 3.05) is 13.2 Å². The van der Waals surface area contributed by atoms with Gasteiger partial charge in [0, 0.05) is 0 Å². The van der Waals surface area contributed by atoms with Gasteiger partial charge in [-0.25, -0.2) is 4.79 Å². The molecular formula is C8H12O4. The minimum atomic E-state index is -0.511. The highest BCUT2D eigenvalue weighted by Crippen LogP contribution is 1.96. The lowest BCUT2D eigenvalue weighted by atomic mass is 10.3. The van der Waals surface area contributed by atoms with E-state index in [0.29, 0.717) is 5.57 Å². The number of rotatable bonds is 5. The van der Waals surface area contributed by atoms with Crippen molar-refractivity contribution in [2.24, 2.45) is 0 Å². The molecular weight excluding hydrogens is 160 g/mol. The monoisotopic (exact) mass is 172 g/mol. The quantitative estimate of drug-likeness (QED) is 0.285. The number of aliphatic hydroxyl groups excluding tert-OH is 1. The molecule has 0 unspecified atom stereocenters. The maximum absolute atomic E-state index is 10.8. The summed E-state index contributed by atoms with van der Waals surface area (Å²) in [4.78, 5) is 10.8. The lowest BCUT2D eigenvalue weighted by Crippen LogP contribution is -2.02. The Morgan fingerprint density at radius 1 is 1.67 bits per heavy atom. The van der Waals surface area contributed by atoms with Gasteiger partial charge in [-0.15, -0.1) is 0 Å². The average Bonchev–Trinajstić information content (AvgIpc) is 2.05. The van der Waals surface area contributed by atoms with E-state index in [2.05, 4.69) is 11.3 Å². The predicted molar refractivity (Wildman–Crippen MR) is 43.1 cm³/mol. The first-order valence-electron chi connectivity index (χ1n) is 3.43. The van der Waals surface area contributed by atoms with Crippen LogP contribution in [-0.2, 0) is 14.3 Å². The second kappa shape index (κ2) is 6.42. The number of esters is 1. The van der Waals surface area contributed by atoms with Crippen LogP contribution in [0.1, 0.15) is 6.92 Å². The Morgan fingerprint density at radius 2 is 2.33 bits per heavy atom. The summed E-state index contributed by atoms with van der Waals surface area (Å²) in [5.41, 5.74) is 0.323. The molecule has 0 aromatic carbocycles. The van der Waals surface area contributed by atoms with Gasteiger partial charge in [-0.1, -0.05) is 6.58 Å². The fourth-order valence-electron chi connectivity index (χ4n) is 0.453. The molecule has 1 N–H and O–H groups in total. The molecule has 0 bridgehead atoms. The number of carbonyl (C=O) groups is 1. The molecule has 0 aromatic rings. The number of hydrogen-bond donors (Lipinski definition) is 1. The molecule has 12 heavy (non-hydrogen) atoms. The highest BCUT2D eigenvalue weighted by molar-refractivity contribution is 5.87. The number of ether oxygens (including phenoxy) is 2. The topological polar surface area (TPSA) is 55.8 Å². The van der Waals surface area contributed by atoms with Gasteiger partial charge in [0.05, 0.1) is 24.7 Å². The Kier molecular flexibility index (Phi) is 5.73.